The Morgan fingerprint density at radius 3 is 2.31 bits per heavy atom. The topological polar surface area (TPSA) is 89.7 Å². The maximum atomic E-state index is 10.6. The molecule has 16 heavy (non-hydrogen) atoms. The zero-order valence-electron chi connectivity index (χ0n) is 8.89. The predicted octanol–water partition coefficient (Wildman–Crippen LogP) is 1.68. The third kappa shape index (κ3) is 2.69. The van der Waals surface area contributed by atoms with Crippen molar-refractivity contribution in [1.82, 2.24) is 0 Å². The molecule has 6 heteroatoms. The Bertz CT molecular complexity index is 418. The first-order valence-electron chi connectivity index (χ1n) is 4.52. The summed E-state index contributed by atoms with van der Waals surface area (Å²) >= 11 is 0. The molecule has 0 aromatic heterocycles. The summed E-state index contributed by atoms with van der Waals surface area (Å²) in [7, 11) is 0. The molecule has 1 rings (SSSR count). The number of ether oxygens (including phenoxy) is 1. The van der Waals surface area contributed by atoms with Gasteiger partial charge in [-0.2, -0.15) is 0 Å². The SMILES string of the molecule is Cc1cc([N+](=O)[O-])cc(C)c1OCC(=O)O. The first-order valence-corrected chi connectivity index (χ1v) is 4.52. The maximum Gasteiger partial charge on any atom is 0.341 e. The van der Waals surface area contributed by atoms with Crippen LogP contribution in [0.3, 0.4) is 0 Å². The van der Waals surface area contributed by atoms with Crippen molar-refractivity contribution in [3.05, 3.63) is 33.4 Å². The molecule has 0 spiro atoms. The van der Waals surface area contributed by atoms with Crippen molar-refractivity contribution >= 4 is 11.7 Å². The second kappa shape index (κ2) is 4.61. The van der Waals surface area contributed by atoms with E-state index in [1.165, 1.54) is 12.1 Å². The van der Waals surface area contributed by atoms with Crippen molar-refractivity contribution < 1.29 is 19.6 Å². The fourth-order valence-corrected chi connectivity index (χ4v) is 1.39. The molecule has 86 valence electrons. The smallest absolute Gasteiger partial charge is 0.341 e. The minimum atomic E-state index is -1.09. The number of non-ortho nitro benzene ring substituents is 1. The lowest BCUT2D eigenvalue weighted by Crippen LogP contribution is -2.11. The maximum absolute atomic E-state index is 10.6. The molecular formula is C10H11NO5. The Kier molecular flexibility index (Phi) is 3.44. The molecule has 6 nitrogen and oxygen atoms in total. The van der Waals surface area contributed by atoms with Gasteiger partial charge in [0.2, 0.25) is 0 Å². The number of carbonyl (C=O) groups is 1. The molecule has 0 aliphatic carbocycles. The van der Waals surface area contributed by atoms with Gasteiger partial charge in [-0.3, -0.25) is 10.1 Å². The summed E-state index contributed by atoms with van der Waals surface area (Å²) in [5.74, 6) is -0.704. The van der Waals surface area contributed by atoms with Gasteiger partial charge < -0.3 is 9.84 Å². The highest BCUT2D eigenvalue weighted by molar-refractivity contribution is 5.68. The quantitative estimate of drug-likeness (QED) is 0.621. The molecule has 0 fully saturated rings. The number of nitrogens with zero attached hydrogens (tertiary/aromatic N) is 1. The van der Waals surface area contributed by atoms with Crippen LogP contribution in [-0.2, 0) is 4.79 Å². The Balaban J connectivity index is 3.03. The lowest BCUT2D eigenvalue weighted by molar-refractivity contribution is -0.385. The van der Waals surface area contributed by atoms with Gasteiger partial charge in [0.15, 0.2) is 6.61 Å². The number of carboxylic acid groups (broad SMARTS) is 1. The summed E-state index contributed by atoms with van der Waals surface area (Å²) in [5.41, 5.74) is 1.07. The first kappa shape index (κ1) is 12.0. The van der Waals surface area contributed by atoms with Crippen LogP contribution in [0.5, 0.6) is 5.75 Å². The molecule has 0 amide bonds. The highest BCUT2D eigenvalue weighted by Gasteiger charge is 2.13. The van der Waals surface area contributed by atoms with Crippen LogP contribution in [0.15, 0.2) is 12.1 Å². The Hall–Kier alpha value is -2.11. The molecule has 0 saturated heterocycles. The van der Waals surface area contributed by atoms with Gasteiger partial charge in [-0.1, -0.05) is 0 Å². The van der Waals surface area contributed by atoms with Gasteiger partial charge in [0.25, 0.3) is 5.69 Å². The van der Waals surface area contributed by atoms with E-state index in [1.807, 2.05) is 0 Å². The van der Waals surface area contributed by atoms with E-state index in [0.29, 0.717) is 16.9 Å². The van der Waals surface area contributed by atoms with Crippen molar-refractivity contribution in [2.45, 2.75) is 13.8 Å². The van der Waals surface area contributed by atoms with Crippen molar-refractivity contribution in [3.8, 4) is 5.75 Å². The number of rotatable bonds is 4. The molecular weight excluding hydrogens is 214 g/mol. The third-order valence-electron chi connectivity index (χ3n) is 2.00. The number of hydrogen-bond acceptors (Lipinski definition) is 4. The van der Waals surface area contributed by atoms with Crippen LogP contribution < -0.4 is 4.74 Å². The van der Waals surface area contributed by atoms with Crippen molar-refractivity contribution in [2.75, 3.05) is 6.61 Å². The van der Waals surface area contributed by atoms with Crippen molar-refractivity contribution in [1.29, 1.82) is 0 Å². The van der Waals surface area contributed by atoms with E-state index < -0.39 is 17.5 Å². The highest BCUT2D eigenvalue weighted by Crippen LogP contribution is 2.28. The van der Waals surface area contributed by atoms with Gasteiger partial charge >= 0.3 is 5.97 Å². The second-order valence-electron chi connectivity index (χ2n) is 3.35. The van der Waals surface area contributed by atoms with Gasteiger partial charge in [-0.05, 0) is 25.0 Å². The number of nitro groups is 1. The van der Waals surface area contributed by atoms with E-state index in [1.54, 1.807) is 13.8 Å². The molecule has 0 heterocycles. The van der Waals surface area contributed by atoms with Crippen molar-refractivity contribution in [3.63, 3.8) is 0 Å². The van der Waals surface area contributed by atoms with Gasteiger partial charge in [0, 0.05) is 12.1 Å². The van der Waals surface area contributed by atoms with Crippen LogP contribution in [0.2, 0.25) is 0 Å². The van der Waals surface area contributed by atoms with Crippen LogP contribution in [0.1, 0.15) is 11.1 Å². The Labute approximate surface area is 91.6 Å². The first-order chi connectivity index (χ1) is 7.41. The largest absolute Gasteiger partial charge is 0.481 e. The summed E-state index contributed by atoms with van der Waals surface area (Å²) in [6, 6.07) is 2.70. The van der Waals surface area contributed by atoms with E-state index in [9.17, 15) is 14.9 Å². The lowest BCUT2D eigenvalue weighted by atomic mass is 10.1. The normalized spacial score (nSPS) is 9.88. The summed E-state index contributed by atoms with van der Waals surface area (Å²) in [6.45, 7) is 2.81. The van der Waals surface area contributed by atoms with E-state index in [0.717, 1.165) is 0 Å². The Morgan fingerprint density at radius 1 is 1.44 bits per heavy atom. The number of nitro benzene ring substituents is 1. The summed E-state index contributed by atoms with van der Waals surface area (Å²) in [5, 5.41) is 19.0. The third-order valence-corrected chi connectivity index (χ3v) is 2.00. The van der Waals surface area contributed by atoms with E-state index in [4.69, 9.17) is 9.84 Å². The average molecular weight is 225 g/mol. The van der Waals surface area contributed by atoms with E-state index >= 15 is 0 Å². The number of hydrogen-bond donors (Lipinski definition) is 1. The zero-order chi connectivity index (χ0) is 12.3. The van der Waals surface area contributed by atoms with E-state index in [-0.39, 0.29) is 5.69 Å². The van der Waals surface area contributed by atoms with Crippen LogP contribution in [0.25, 0.3) is 0 Å². The van der Waals surface area contributed by atoms with Gasteiger partial charge in [-0.15, -0.1) is 0 Å². The van der Waals surface area contributed by atoms with E-state index in [2.05, 4.69) is 0 Å². The molecule has 0 saturated carbocycles. The number of benzene rings is 1. The molecule has 1 aromatic carbocycles. The van der Waals surface area contributed by atoms with Gasteiger partial charge in [0.05, 0.1) is 4.92 Å². The number of carboxylic acids is 1. The van der Waals surface area contributed by atoms with Crippen molar-refractivity contribution in [2.24, 2.45) is 0 Å². The van der Waals surface area contributed by atoms with Crippen LogP contribution in [0, 0.1) is 24.0 Å². The molecule has 0 bridgehead atoms. The molecule has 0 aliphatic heterocycles. The number of aryl methyl sites for hydroxylation is 2. The molecule has 1 aromatic rings. The molecule has 0 aliphatic rings. The van der Waals surface area contributed by atoms with Gasteiger partial charge in [-0.25, -0.2) is 4.79 Å². The minimum Gasteiger partial charge on any atom is -0.481 e. The summed E-state index contributed by atoms with van der Waals surface area (Å²) in [6.07, 6.45) is 0. The zero-order valence-corrected chi connectivity index (χ0v) is 8.89. The fourth-order valence-electron chi connectivity index (χ4n) is 1.39. The summed E-state index contributed by atoms with van der Waals surface area (Å²) in [4.78, 5) is 20.4. The lowest BCUT2D eigenvalue weighted by Gasteiger charge is -2.09. The molecule has 0 radical (unpaired) electrons. The van der Waals surface area contributed by atoms with Crippen LogP contribution in [0.4, 0.5) is 5.69 Å². The fraction of sp³-hybridized carbons (Fsp3) is 0.300. The monoisotopic (exact) mass is 225 g/mol. The predicted molar refractivity (Wildman–Crippen MR) is 55.7 cm³/mol. The average Bonchev–Trinajstić information content (AvgIpc) is 2.15. The second-order valence-corrected chi connectivity index (χ2v) is 3.35. The molecule has 0 atom stereocenters. The minimum absolute atomic E-state index is 0.0299. The molecule has 0 unspecified atom stereocenters. The highest BCUT2D eigenvalue weighted by atomic mass is 16.6. The van der Waals surface area contributed by atoms with Gasteiger partial charge in [0.1, 0.15) is 5.75 Å². The molecule has 1 N–H and O–H groups in total. The van der Waals surface area contributed by atoms with Crippen LogP contribution in [-0.4, -0.2) is 22.6 Å². The Morgan fingerprint density at radius 2 is 1.94 bits per heavy atom. The number of aliphatic carboxylic acids is 1. The standard InChI is InChI=1S/C10H11NO5/c1-6-3-8(11(14)15)4-7(2)10(6)16-5-9(12)13/h3-4H,5H2,1-2H3,(H,12,13). The summed E-state index contributed by atoms with van der Waals surface area (Å²) < 4.78 is 5.04. The van der Waals surface area contributed by atoms with Crippen LogP contribution >= 0.6 is 0 Å².